The molecule has 0 aliphatic carbocycles. The third kappa shape index (κ3) is 3.66. The van der Waals surface area contributed by atoms with Gasteiger partial charge in [0.2, 0.25) is 0 Å². The Morgan fingerprint density at radius 3 is 1.90 bits per heavy atom. The zero-order valence-corrected chi connectivity index (χ0v) is 17.0. The number of carbonyl (C=O) groups is 3. The molecule has 4 rings (SSSR count). The first-order valence-electron chi connectivity index (χ1n) is 9.11. The standard InChI is InChI=1S/C22H16N2O6S/c1-30-22(27)14-6-8-15(9-7-14)23-31(28,29)17-12-10-16(11-13-17)24-20(25)18-4-2-3-5-19(18)21(24)26/h2-13,23H,1H3. The second-order valence-corrected chi connectivity index (χ2v) is 8.34. The van der Waals surface area contributed by atoms with Crippen LogP contribution in [0, 0.1) is 0 Å². The Hall–Kier alpha value is -3.98. The lowest BCUT2D eigenvalue weighted by molar-refractivity contribution is 0.0600. The Labute approximate surface area is 178 Å². The van der Waals surface area contributed by atoms with Crippen LogP contribution in [0.5, 0.6) is 0 Å². The van der Waals surface area contributed by atoms with Crippen molar-refractivity contribution >= 4 is 39.2 Å². The molecule has 31 heavy (non-hydrogen) atoms. The molecule has 2 amide bonds. The summed E-state index contributed by atoms with van der Waals surface area (Å²) in [6.07, 6.45) is 0. The van der Waals surface area contributed by atoms with E-state index in [4.69, 9.17) is 0 Å². The van der Waals surface area contributed by atoms with Crippen LogP contribution in [0.25, 0.3) is 0 Å². The van der Waals surface area contributed by atoms with Gasteiger partial charge in [-0.05, 0) is 60.7 Å². The van der Waals surface area contributed by atoms with Gasteiger partial charge in [0.05, 0.1) is 34.4 Å². The Morgan fingerprint density at radius 2 is 1.39 bits per heavy atom. The molecule has 0 saturated heterocycles. The number of ether oxygens (including phenoxy) is 1. The summed E-state index contributed by atoms with van der Waals surface area (Å²) in [5.41, 5.74) is 1.43. The summed E-state index contributed by atoms with van der Waals surface area (Å²) in [7, 11) is -2.67. The quantitative estimate of drug-likeness (QED) is 0.486. The van der Waals surface area contributed by atoms with Crippen molar-refractivity contribution in [2.24, 2.45) is 0 Å². The summed E-state index contributed by atoms with van der Waals surface area (Å²) < 4.78 is 32.4. The van der Waals surface area contributed by atoms with Crippen LogP contribution in [-0.4, -0.2) is 33.3 Å². The normalized spacial score (nSPS) is 13.1. The highest BCUT2D eigenvalue weighted by Crippen LogP contribution is 2.29. The molecular weight excluding hydrogens is 420 g/mol. The molecule has 156 valence electrons. The topological polar surface area (TPSA) is 110 Å². The van der Waals surface area contributed by atoms with Gasteiger partial charge in [0.25, 0.3) is 21.8 Å². The van der Waals surface area contributed by atoms with Crippen LogP contribution in [-0.2, 0) is 14.8 Å². The lowest BCUT2D eigenvalue weighted by Crippen LogP contribution is -2.29. The average molecular weight is 436 g/mol. The van der Waals surface area contributed by atoms with Crippen molar-refractivity contribution in [3.63, 3.8) is 0 Å². The van der Waals surface area contributed by atoms with Crippen LogP contribution in [0.1, 0.15) is 31.1 Å². The molecule has 3 aromatic carbocycles. The number of amides is 2. The Kier molecular flexibility index (Phi) is 5.04. The van der Waals surface area contributed by atoms with Crippen LogP contribution in [0.15, 0.2) is 77.7 Å². The number of imide groups is 1. The number of sulfonamides is 1. The molecule has 0 spiro atoms. The number of fused-ring (bicyclic) bond motifs is 1. The van der Waals surface area contributed by atoms with Crippen molar-refractivity contribution in [1.29, 1.82) is 0 Å². The maximum Gasteiger partial charge on any atom is 0.337 e. The van der Waals surface area contributed by atoms with Crippen LogP contribution in [0.2, 0.25) is 0 Å². The van der Waals surface area contributed by atoms with Gasteiger partial charge in [-0.25, -0.2) is 18.1 Å². The van der Waals surface area contributed by atoms with Crippen molar-refractivity contribution < 1.29 is 27.5 Å². The second-order valence-electron chi connectivity index (χ2n) is 6.66. The molecule has 8 nitrogen and oxygen atoms in total. The maximum atomic E-state index is 12.7. The third-order valence-electron chi connectivity index (χ3n) is 4.76. The van der Waals surface area contributed by atoms with E-state index in [0.29, 0.717) is 11.1 Å². The monoisotopic (exact) mass is 436 g/mol. The van der Waals surface area contributed by atoms with E-state index in [0.717, 1.165) is 4.90 Å². The smallest absolute Gasteiger partial charge is 0.337 e. The summed E-state index contributed by atoms with van der Waals surface area (Å²) >= 11 is 0. The average Bonchev–Trinajstić information content (AvgIpc) is 3.04. The lowest BCUT2D eigenvalue weighted by Gasteiger charge is -2.15. The number of benzene rings is 3. The van der Waals surface area contributed by atoms with E-state index in [-0.39, 0.29) is 21.8 Å². The number of anilines is 2. The molecule has 0 aromatic heterocycles. The number of rotatable bonds is 5. The molecule has 9 heteroatoms. The molecule has 1 aliphatic heterocycles. The van der Waals surface area contributed by atoms with Crippen LogP contribution < -0.4 is 9.62 Å². The van der Waals surface area contributed by atoms with Crippen LogP contribution in [0.4, 0.5) is 11.4 Å². The molecule has 3 aromatic rings. The number of hydrogen-bond acceptors (Lipinski definition) is 6. The molecule has 1 N–H and O–H groups in total. The van der Waals surface area contributed by atoms with Gasteiger partial charge in [0, 0.05) is 5.69 Å². The Bertz CT molecular complexity index is 1260. The zero-order valence-electron chi connectivity index (χ0n) is 16.2. The molecule has 1 aliphatic rings. The summed E-state index contributed by atoms with van der Waals surface area (Å²) in [6, 6.07) is 17.7. The highest BCUT2D eigenvalue weighted by molar-refractivity contribution is 7.92. The molecular formula is C22H16N2O6S. The van der Waals surface area contributed by atoms with Gasteiger partial charge in [0.15, 0.2) is 0 Å². The van der Waals surface area contributed by atoms with Gasteiger partial charge >= 0.3 is 5.97 Å². The number of hydrogen-bond donors (Lipinski definition) is 1. The maximum absolute atomic E-state index is 12.7. The molecule has 0 atom stereocenters. The summed E-state index contributed by atoms with van der Waals surface area (Å²) in [4.78, 5) is 37.6. The summed E-state index contributed by atoms with van der Waals surface area (Å²) in [6.45, 7) is 0. The summed E-state index contributed by atoms with van der Waals surface area (Å²) in [5, 5.41) is 0. The third-order valence-corrected chi connectivity index (χ3v) is 6.15. The van der Waals surface area contributed by atoms with Crippen molar-refractivity contribution in [2.75, 3.05) is 16.7 Å². The first-order valence-corrected chi connectivity index (χ1v) is 10.6. The minimum absolute atomic E-state index is 0.0510. The highest BCUT2D eigenvalue weighted by atomic mass is 32.2. The molecule has 0 fully saturated rings. The predicted octanol–water partition coefficient (Wildman–Crippen LogP) is 3.07. The van der Waals surface area contributed by atoms with E-state index >= 15 is 0 Å². The van der Waals surface area contributed by atoms with Crippen LogP contribution in [0.3, 0.4) is 0 Å². The minimum Gasteiger partial charge on any atom is -0.465 e. The van der Waals surface area contributed by atoms with E-state index in [1.165, 1.54) is 55.6 Å². The van der Waals surface area contributed by atoms with Gasteiger partial charge in [-0.3, -0.25) is 14.3 Å². The fourth-order valence-corrected chi connectivity index (χ4v) is 4.26. The number of nitrogens with one attached hydrogen (secondary N) is 1. The Balaban J connectivity index is 1.55. The molecule has 0 unspecified atom stereocenters. The van der Waals surface area contributed by atoms with Gasteiger partial charge in [0.1, 0.15) is 0 Å². The predicted molar refractivity (Wildman–Crippen MR) is 113 cm³/mol. The summed E-state index contributed by atoms with van der Waals surface area (Å²) in [5.74, 6) is -1.45. The van der Waals surface area contributed by atoms with E-state index in [1.54, 1.807) is 24.3 Å². The zero-order chi connectivity index (χ0) is 22.2. The van der Waals surface area contributed by atoms with Crippen molar-refractivity contribution in [1.82, 2.24) is 0 Å². The van der Waals surface area contributed by atoms with Crippen molar-refractivity contribution in [2.45, 2.75) is 4.90 Å². The fourth-order valence-electron chi connectivity index (χ4n) is 3.20. The first-order chi connectivity index (χ1) is 14.8. The van der Waals surface area contributed by atoms with Gasteiger partial charge < -0.3 is 4.74 Å². The first kappa shape index (κ1) is 20.3. The van der Waals surface area contributed by atoms with Gasteiger partial charge in [-0.1, -0.05) is 12.1 Å². The molecule has 1 heterocycles. The number of carbonyl (C=O) groups excluding carboxylic acids is 3. The lowest BCUT2D eigenvalue weighted by atomic mass is 10.1. The van der Waals surface area contributed by atoms with Crippen molar-refractivity contribution in [3.8, 4) is 0 Å². The van der Waals surface area contributed by atoms with E-state index < -0.39 is 27.8 Å². The molecule has 0 radical (unpaired) electrons. The second kappa shape index (κ2) is 7.69. The van der Waals surface area contributed by atoms with Crippen LogP contribution >= 0.6 is 0 Å². The van der Waals surface area contributed by atoms with Crippen molar-refractivity contribution in [3.05, 3.63) is 89.5 Å². The molecule has 0 saturated carbocycles. The van der Waals surface area contributed by atoms with E-state index in [2.05, 4.69) is 9.46 Å². The minimum atomic E-state index is -3.93. The Morgan fingerprint density at radius 1 is 0.839 bits per heavy atom. The highest BCUT2D eigenvalue weighted by Gasteiger charge is 2.36. The largest absolute Gasteiger partial charge is 0.465 e. The fraction of sp³-hybridized carbons (Fsp3) is 0.0455. The van der Waals surface area contributed by atoms with E-state index in [9.17, 15) is 22.8 Å². The van der Waals surface area contributed by atoms with Gasteiger partial charge in [-0.15, -0.1) is 0 Å². The molecule has 0 bridgehead atoms. The van der Waals surface area contributed by atoms with Gasteiger partial charge in [-0.2, -0.15) is 0 Å². The SMILES string of the molecule is COC(=O)c1ccc(NS(=O)(=O)c2ccc(N3C(=O)c4ccccc4C3=O)cc2)cc1. The number of esters is 1. The van der Waals surface area contributed by atoms with E-state index in [1.807, 2.05) is 0 Å². The number of nitrogens with zero attached hydrogens (tertiary/aromatic N) is 1. The number of methoxy groups -OCH3 is 1.